The summed E-state index contributed by atoms with van der Waals surface area (Å²) in [4.78, 5) is 0. The quantitative estimate of drug-likeness (QED) is 0.322. The third-order valence-corrected chi connectivity index (χ3v) is 12.0. The summed E-state index contributed by atoms with van der Waals surface area (Å²) in [6.45, 7) is 12.2. The lowest BCUT2D eigenvalue weighted by atomic mass is 9.91. The molecule has 0 aliphatic carbocycles. The van der Waals surface area contributed by atoms with Crippen LogP contribution in [0.15, 0.2) is 60.7 Å². The van der Waals surface area contributed by atoms with Crippen LogP contribution in [0.2, 0.25) is 5.04 Å². The zero-order valence-corrected chi connectivity index (χ0v) is 23.3. The van der Waals surface area contributed by atoms with Gasteiger partial charge in [-0.2, -0.15) is 0 Å². The standard InChI is InChI=1S/C28H42O6Si/c1-22(26(33-21-29-6)28(5,30-7)20-25-31-18-19-32-25)34-35(27(2,3)4,23-14-10-8-11-15-23)24-16-12-9-13-17-24/h8-17,22,25-26H,18-21H2,1-7H3/t22-,26-,28+/m0/s1. The fourth-order valence-corrected chi connectivity index (χ4v) is 9.85. The predicted octanol–water partition coefficient (Wildman–Crippen LogP) is 4.11. The number of rotatable bonds is 12. The van der Waals surface area contributed by atoms with Crippen LogP contribution < -0.4 is 10.4 Å². The van der Waals surface area contributed by atoms with Gasteiger partial charge in [0.1, 0.15) is 12.9 Å². The molecule has 1 aliphatic rings. The Hall–Kier alpha value is -1.58. The van der Waals surface area contributed by atoms with E-state index in [4.69, 9.17) is 28.1 Å². The molecule has 1 heterocycles. The minimum atomic E-state index is -2.79. The summed E-state index contributed by atoms with van der Waals surface area (Å²) in [6.07, 6.45) is -0.565. The minimum Gasteiger partial charge on any atom is -0.402 e. The molecular formula is C28H42O6Si. The Morgan fingerprint density at radius 2 is 1.40 bits per heavy atom. The fraction of sp³-hybridized carbons (Fsp3) is 0.571. The molecule has 7 heteroatoms. The van der Waals surface area contributed by atoms with E-state index in [0.29, 0.717) is 19.6 Å². The second-order valence-corrected chi connectivity index (χ2v) is 14.6. The van der Waals surface area contributed by atoms with Gasteiger partial charge in [-0.05, 0) is 29.3 Å². The van der Waals surface area contributed by atoms with Crippen molar-refractivity contribution in [1.82, 2.24) is 0 Å². The van der Waals surface area contributed by atoms with Crippen LogP contribution in [0.1, 0.15) is 41.0 Å². The molecule has 0 amide bonds. The van der Waals surface area contributed by atoms with E-state index in [-0.39, 0.29) is 24.2 Å². The highest BCUT2D eigenvalue weighted by atomic mass is 28.4. The normalized spacial score (nSPS) is 18.8. The summed E-state index contributed by atoms with van der Waals surface area (Å²) < 4.78 is 36.5. The lowest BCUT2D eigenvalue weighted by molar-refractivity contribution is -0.210. The van der Waals surface area contributed by atoms with Crippen molar-refractivity contribution in [2.45, 2.75) is 70.2 Å². The molecule has 2 aromatic carbocycles. The second kappa shape index (κ2) is 12.1. The fourth-order valence-electron chi connectivity index (χ4n) is 5.15. The van der Waals surface area contributed by atoms with Crippen LogP contribution in [-0.2, 0) is 28.1 Å². The third kappa shape index (κ3) is 6.22. The van der Waals surface area contributed by atoms with Gasteiger partial charge >= 0.3 is 0 Å². The van der Waals surface area contributed by atoms with E-state index in [1.807, 2.05) is 19.1 Å². The Morgan fingerprint density at radius 1 is 0.886 bits per heavy atom. The first kappa shape index (κ1) is 28.0. The van der Waals surface area contributed by atoms with Crippen molar-refractivity contribution in [2.24, 2.45) is 0 Å². The van der Waals surface area contributed by atoms with Crippen LogP contribution in [0, 0.1) is 0 Å². The van der Waals surface area contributed by atoms with Crippen molar-refractivity contribution in [3.63, 3.8) is 0 Å². The first-order valence-corrected chi connectivity index (χ1v) is 14.3. The first-order chi connectivity index (χ1) is 16.7. The molecule has 0 radical (unpaired) electrons. The molecule has 0 aromatic heterocycles. The van der Waals surface area contributed by atoms with E-state index < -0.39 is 20.0 Å². The van der Waals surface area contributed by atoms with Crippen LogP contribution >= 0.6 is 0 Å². The number of benzene rings is 2. The van der Waals surface area contributed by atoms with Gasteiger partial charge in [0.15, 0.2) is 6.29 Å². The molecule has 1 saturated heterocycles. The maximum Gasteiger partial charge on any atom is 0.261 e. The first-order valence-electron chi connectivity index (χ1n) is 12.4. The maximum atomic E-state index is 7.34. The monoisotopic (exact) mass is 502 g/mol. The van der Waals surface area contributed by atoms with E-state index >= 15 is 0 Å². The number of methoxy groups -OCH3 is 2. The highest BCUT2D eigenvalue weighted by Crippen LogP contribution is 2.39. The molecule has 1 fully saturated rings. The molecule has 3 atom stereocenters. The zero-order valence-electron chi connectivity index (χ0n) is 22.3. The molecule has 0 bridgehead atoms. The zero-order chi connectivity index (χ0) is 25.5. The summed E-state index contributed by atoms with van der Waals surface area (Å²) in [5.74, 6) is 0. The predicted molar refractivity (Wildman–Crippen MR) is 141 cm³/mol. The Bertz CT molecular complexity index is 842. The Kier molecular flexibility index (Phi) is 9.68. The number of hydrogen-bond acceptors (Lipinski definition) is 6. The van der Waals surface area contributed by atoms with E-state index in [0.717, 1.165) is 0 Å². The lowest BCUT2D eigenvalue weighted by Gasteiger charge is -2.48. The van der Waals surface area contributed by atoms with Crippen LogP contribution in [-0.4, -0.2) is 66.6 Å². The minimum absolute atomic E-state index is 0.129. The highest BCUT2D eigenvalue weighted by Gasteiger charge is 2.53. The average molecular weight is 503 g/mol. The van der Waals surface area contributed by atoms with E-state index in [2.05, 4.69) is 76.2 Å². The van der Waals surface area contributed by atoms with Gasteiger partial charge in [0.25, 0.3) is 8.32 Å². The van der Waals surface area contributed by atoms with Crippen molar-refractivity contribution in [1.29, 1.82) is 0 Å². The van der Waals surface area contributed by atoms with Gasteiger partial charge in [-0.25, -0.2) is 0 Å². The van der Waals surface area contributed by atoms with Crippen molar-refractivity contribution in [3.05, 3.63) is 60.7 Å². The molecule has 0 unspecified atom stereocenters. The molecule has 0 N–H and O–H groups in total. The van der Waals surface area contributed by atoms with Gasteiger partial charge < -0.3 is 28.1 Å². The second-order valence-electron chi connectivity index (χ2n) is 10.4. The molecule has 6 nitrogen and oxygen atoms in total. The van der Waals surface area contributed by atoms with Crippen molar-refractivity contribution >= 4 is 18.7 Å². The maximum absolute atomic E-state index is 7.34. The average Bonchev–Trinajstić information content (AvgIpc) is 3.35. The van der Waals surface area contributed by atoms with Gasteiger partial charge in [0.05, 0.1) is 24.9 Å². The molecular weight excluding hydrogens is 460 g/mol. The molecule has 1 aliphatic heterocycles. The number of hydrogen-bond donors (Lipinski definition) is 0. The molecule has 35 heavy (non-hydrogen) atoms. The van der Waals surface area contributed by atoms with E-state index in [1.165, 1.54) is 10.4 Å². The van der Waals surface area contributed by atoms with Gasteiger partial charge in [-0.15, -0.1) is 0 Å². The van der Waals surface area contributed by atoms with Crippen LogP contribution in [0.3, 0.4) is 0 Å². The van der Waals surface area contributed by atoms with Crippen molar-refractivity contribution < 1.29 is 28.1 Å². The molecule has 194 valence electrons. The molecule has 2 aromatic rings. The van der Waals surface area contributed by atoms with Crippen molar-refractivity contribution in [2.75, 3.05) is 34.2 Å². The van der Waals surface area contributed by atoms with Gasteiger partial charge in [-0.3, -0.25) is 0 Å². The largest absolute Gasteiger partial charge is 0.402 e. The topological polar surface area (TPSA) is 55.4 Å². The molecule has 3 rings (SSSR count). The molecule has 0 saturated carbocycles. The van der Waals surface area contributed by atoms with Gasteiger partial charge in [0, 0.05) is 20.6 Å². The van der Waals surface area contributed by atoms with E-state index in [1.54, 1.807) is 14.2 Å². The van der Waals surface area contributed by atoms with Crippen LogP contribution in [0.25, 0.3) is 0 Å². The Balaban J connectivity index is 2.06. The molecule has 0 spiro atoms. The summed E-state index contributed by atoms with van der Waals surface area (Å²) >= 11 is 0. The van der Waals surface area contributed by atoms with Gasteiger partial charge in [-0.1, -0.05) is 81.4 Å². The third-order valence-electron chi connectivity index (χ3n) is 6.90. The summed E-state index contributed by atoms with van der Waals surface area (Å²) in [6, 6.07) is 21.2. The smallest absolute Gasteiger partial charge is 0.261 e. The van der Waals surface area contributed by atoms with Crippen LogP contribution in [0.5, 0.6) is 0 Å². The SMILES string of the molecule is COCO[C@@H]([C@H](C)O[Si](c1ccccc1)(c1ccccc1)C(C)(C)C)[C@@](C)(CC1OCCO1)OC. The number of ether oxygens (including phenoxy) is 5. The highest BCUT2D eigenvalue weighted by molar-refractivity contribution is 6.99. The summed E-state index contributed by atoms with van der Waals surface area (Å²) in [5.41, 5.74) is -0.724. The Labute approximate surface area is 212 Å². The van der Waals surface area contributed by atoms with E-state index in [9.17, 15) is 0 Å². The lowest BCUT2D eigenvalue weighted by Crippen LogP contribution is -2.69. The summed E-state index contributed by atoms with van der Waals surface area (Å²) in [5, 5.41) is 2.28. The van der Waals surface area contributed by atoms with Crippen molar-refractivity contribution in [3.8, 4) is 0 Å². The Morgan fingerprint density at radius 3 is 1.83 bits per heavy atom. The van der Waals surface area contributed by atoms with Gasteiger partial charge in [0.2, 0.25) is 0 Å². The summed E-state index contributed by atoms with van der Waals surface area (Å²) in [7, 11) is 0.536. The van der Waals surface area contributed by atoms with Crippen LogP contribution in [0.4, 0.5) is 0 Å².